The van der Waals surface area contributed by atoms with E-state index in [0.29, 0.717) is 19.1 Å². The monoisotopic (exact) mass is 562 g/mol. The number of guanidine groups is 1. The van der Waals surface area contributed by atoms with Crippen molar-refractivity contribution in [2.75, 3.05) is 0 Å². The Morgan fingerprint density at radius 3 is 2.38 bits per heavy atom. The van der Waals surface area contributed by atoms with Crippen LogP contribution in [0, 0.1) is 6.92 Å². The van der Waals surface area contributed by atoms with Gasteiger partial charge >= 0.3 is 0 Å². The van der Waals surface area contributed by atoms with Gasteiger partial charge in [-0.05, 0) is 49.6 Å². The summed E-state index contributed by atoms with van der Waals surface area (Å²) < 4.78 is 2.00. The lowest BCUT2D eigenvalue weighted by Crippen LogP contribution is -2.42. The summed E-state index contributed by atoms with van der Waals surface area (Å²) >= 11 is 1.78. The molecule has 1 saturated carbocycles. The molecule has 0 atom stereocenters. The van der Waals surface area contributed by atoms with E-state index in [1.54, 1.807) is 11.8 Å². The van der Waals surface area contributed by atoms with Gasteiger partial charge < -0.3 is 15.2 Å². The lowest BCUT2D eigenvalue weighted by molar-refractivity contribution is 0.606. The topological polar surface area (TPSA) is 67.1 Å². The molecule has 3 aromatic rings. The van der Waals surface area contributed by atoms with E-state index in [1.165, 1.54) is 41.0 Å². The molecule has 1 aromatic heterocycles. The summed E-state index contributed by atoms with van der Waals surface area (Å²) in [5.74, 6) is 2.66. The summed E-state index contributed by atoms with van der Waals surface area (Å²) in [6, 6.07) is 19.6. The Morgan fingerprint density at radius 1 is 1.03 bits per heavy atom. The van der Waals surface area contributed by atoms with E-state index >= 15 is 0 Å². The number of aryl methyl sites for hydroxylation is 1. The standard InChI is InChI=1S/C24H30N6S.HI/c1-18-28-29-23(30(18)2)17-26-24(27-20-8-6-7-9-20)25-16-19-12-14-22(15-13-19)31-21-10-4-3-5-11-21;/h3-5,10-15,20H,6-9,16-17H2,1-2H3,(H2,25,26,27);1H. The van der Waals surface area contributed by atoms with Crippen LogP contribution in [-0.4, -0.2) is 26.8 Å². The minimum absolute atomic E-state index is 0. The van der Waals surface area contributed by atoms with Crippen molar-refractivity contribution >= 4 is 41.7 Å². The molecular formula is C24H31IN6S. The number of aliphatic imine (C=N–C) groups is 1. The summed E-state index contributed by atoms with van der Waals surface area (Å²) in [6.07, 6.45) is 4.98. The summed E-state index contributed by atoms with van der Waals surface area (Å²) in [4.78, 5) is 7.34. The van der Waals surface area contributed by atoms with Crippen molar-refractivity contribution in [2.45, 2.75) is 61.5 Å². The van der Waals surface area contributed by atoms with Crippen LogP contribution in [0.5, 0.6) is 0 Å². The van der Waals surface area contributed by atoms with Crippen LogP contribution in [0.4, 0.5) is 0 Å². The molecule has 4 rings (SSSR count). The molecule has 170 valence electrons. The molecule has 2 N–H and O–H groups in total. The van der Waals surface area contributed by atoms with Crippen molar-refractivity contribution in [2.24, 2.45) is 12.0 Å². The van der Waals surface area contributed by atoms with Crippen LogP contribution in [-0.2, 0) is 20.1 Å². The third-order valence-electron chi connectivity index (χ3n) is 5.61. The minimum Gasteiger partial charge on any atom is -0.354 e. The van der Waals surface area contributed by atoms with Crippen molar-refractivity contribution in [3.05, 3.63) is 71.8 Å². The summed E-state index contributed by atoms with van der Waals surface area (Å²) in [7, 11) is 1.99. The Balaban J connectivity index is 0.00000289. The Kier molecular flexibility index (Phi) is 9.40. The van der Waals surface area contributed by atoms with Gasteiger partial charge in [0.2, 0.25) is 0 Å². The maximum absolute atomic E-state index is 4.85. The fourth-order valence-corrected chi connectivity index (χ4v) is 4.48. The Hall–Kier alpha value is -2.07. The molecular weight excluding hydrogens is 531 g/mol. The van der Waals surface area contributed by atoms with Crippen molar-refractivity contribution in [1.29, 1.82) is 0 Å². The second-order valence-corrected chi connectivity index (χ2v) is 9.07. The van der Waals surface area contributed by atoms with Gasteiger partial charge in [-0.2, -0.15) is 0 Å². The van der Waals surface area contributed by atoms with Gasteiger partial charge in [-0.25, -0.2) is 4.99 Å². The number of benzene rings is 2. The van der Waals surface area contributed by atoms with Crippen LogP contribution in [0.25, 0.3) is 0 Å². The van der Waals surface area contributed by atoms with E-state index in [0.717, 1.165) is 17.6 Å². The molecule has 0 spiro atoms. The van der Waals surface area contributed by atoms with Crippen LogP contribution in [0.1, 0.15) is 42.9 Å². The van der Waals surface area contributed by atoms with E-state index in [4.69, 9.17) is 4.99 Å². The molecule has 1 aliphatic carbocycles. The molecule has 6 nitrogen and oxygen atoms in total. The van der Waals surface area contributed by atoms with Crippen molar-refractivity contribution in [1.82, 2.24) is 25.4 Å². The highest BCUT2D eigenvalue weighted by Gasteiger charge is 2.16. The first kappa shape index (κ1) is 24.6. The smallest absolute Gasteiger partial charge is 0.192 e. The van der Waals surface area contributed by atoms with E-state index in [1.807, 2.05) is 24.6 Å². The highest BCUT2D eigenvalue weighted by molar-refractivity contribution is 14.0. The lowest BCUT2D eigenvalue weighted by atomic mass is 10.2. The zero-order chi connectivity index (χ0) is 21.5. The number of hydrogen-bond donors (Lipinski definition) is 2. The van der Waals surface area contributed by atoms with Crippen LogP contribution < -0.4 is 10.6 Å². The van der Waals surface area contributed by atoms with Crippen LogP contribution in [0.2, 0.25) is 0 Å². The average molecular weight is 563 g/mol. The average Bonchev–Trinajstić information content (AvgIpc) is 3.42. The summed E-state index contributed by atoms with van der Waals surface area (Å²) in [5.41, 5.74) is 1.19. The van der Waals surface area contributed by atoms with E-state index in [9.17, 15) is 0 Å². The normalized spacial score (nSPS) is 14.2. The lowest BCUT2D eigenvalue weighted by Gasteiger charge is -2.17. The minimum atomic E-state index is 0. The van der Waals surface area contributed by atoms with Gasteiger partial charge in [0.25, 0.3) is 0 Å². The van der Waals surface area contributed by atoms with Gasteiger partial charge in [-0.1, -0.05) is 54.9 Å². The largest absolute Gasteiger partial charge is 0.354 e. The van der Waals surface area contributed by atoms with Gasteiger partial charge in [-0.3, -0.25) is 0 Å². The number of nitrogens with zero attached hydrogens (tertiary/aromatic N) is 4. The molecule has 0 unspecified atom stereocenters. The van der Waals surface area contributed by atoms with Crippen molar-refractivity contribution in [3.8, 4) is 0 Å². The van der Waals surface area contributed by atoms with Crippen LogP contribution in [0.3, 0.4) is 0 Å². The first-order valence-electron chi connectivity index (χ1n) is 10.9. The molecule has 1 aliphatic rings. The zero-order valence-electron chi connectivity index (χ0n) is 18.6. The molecule has 0 bridgehead atoms. The first-order valence-corrected chi connectivity index (χ1v) is 11.7. The molecule has 1 fully saturated rings. The Morgan fingerprint density at radius 2 is 1.72 bits per heavy atom. The van der Waals surface area contributed by atoms with Gasteiger partial charge in [0.1, 0.15) is 5.82 Å². The van der Waals surface area contributed by atoms with Gasteiger partial charge in [0.05, 0.1) is 13.1 Å². The van der Waals surface area contributed by atoms with Crippen molar-refractivity contribution in [3.63, 3.8) is 0 Å². The third kappa shape index (κ3) is 6.96. The molecule has 0 aliphatic heterocycles. The van der Waals surface area contributed by atoms with Crippen LogP contribution >= 0.6 is 35.7 Å². The van der Waals surface area contributed by atoms with Crippen molar-refractivity contribution < 1.29 is 0 Å². The Labute approximate surface area is 211 Å². The number of hydrogen-bond acceptors (Lipinski definition) is 4. The van der Waals surface area contributed by atoms with E-state index in [2.05, 4.69) is 69.4 Å². The van der Waals surface area contributed by atoms with E-state index < -0.39 is 0 Å². The second-order valence-electron chi connectivity index (χ2n) is 7.93. The zero-order valence-corrected chi connectivity index (χ0v) is 21.8. The molecule has 2 aromatic carbocycles. The summed E-state index contributed by atoms with van der Waals surface area (Å²) in [5, 5.41) is 15.4. The predicted octanol–water partition coefficient (Wildman–Crippen LogP) is 5.07. The molecule has 0 radical (unpaired) electrons. The SMILES string of the molecule is Cc1nnc(CNC(=NCc2ccc(Sc3ccccc3)cc2)NC2CCCC2)n1C.I. The molecule has 0 amide bonds. The fraction of sp³-hybridized carbons (Fsp3) is 0.375. The fourth-order valence-electron chi connectivity index (χ4n) is 3.64. The van der Waals surface area contributed by atoms with E-state index in [-0.39, 0.29) is 24.0 Å². The van der Waals surface area contributed by atoms with Gasteiger partial charge in [0.15, 0.2) is 11.8 Å². The molecule has 8 heteroatoms. The summed E-state index contributed by atoms with van der Waals surface area (Å²) in [6.45, 7) is 3.20. The maximum Gasteiger partial charge on any atom is 0.192 e. The number of rotatable bonds is 7. The third-order valence-corrected chi connectivity index (χ3v) is 6.63. The van der Waals surface area contributed by atoms with Gasteiger partial charge in [0, 0.05) is 22.9 Å². The van der Waals surface area contributed by atoms with Crippen LogP contribution in [0.15, 0.2) is 69.4 Å². The maximum atomic E-state index is 4.85. The second kappa shape index (κ2) is 12.2. The molecule has 1 heterocycles. The quantitative estimate of drug-likeness (QED) is 0.239. The number of aromatic nitrogens is 3. The number of halogens is 1. The van der Waals surface area contributed by atoms with Gasteiger partial charge in [-0.15, -0.1) is 34.2 Å². The predicted molar refractivity (Wildman–Crippen MR) is 142 cm³/mol. The molecule has 32 heavy (non-hydrogen) atoms. The highest BCUT2D eigenvalue weighted by atomic mass is 127. The number of nitrogens with one attached hydrogen (secondary N) is 2. The molecule has 0 saturated heterocycles. The first-order chi connectivity index (χ1) is 15.2. The Bertz CT molecular complexity index is 997. The highest BCUT2D eigenvalue weighted by Crippen LogP contribution is 2.27.